The van der Waals surface area contributed by atoms with Crippen LogP contribution >= 0.6 is 15.2 Å². The molecule has 0 spiro atoms. The van der Waals surface area contributed by atoms with Crippen LogP contribution in [-0.2, 0) is 9.13 Å². The number of nitrogens with zero attached hydrogens (tertiary/aromatic N) is 1. The molecule has 8 nitrogen and oxygen atoms in total. The normalized spacial score (nSPS) is 13.5. The second-order valence-electron chi connectivity index (χ2n) is 3.08. The number of hydrogen-bond acceptors (Lipinski definition) is 4. The Kier molecular flexibility index (Phi) is 6.17. The van der Waals surface area contributed by atoms with Crippen LogP contribution in [0.3, 0.4) is 0 Å². The summed E-state index contributed by atoms with van der Waals surface area (Å²) in [6, 6.07) is 0. The summed E-state index contributed by atoms with van der Waals surface area (Å²) in [5, 5.41) is 8.50. The molecule has 0 heterocycles. The zero-order valence-electron chi connectivity index (χ0n) is 7.93. The van der Waals surface area contributed by atoms with E-state index in [-0.39, 0.29) is 19.6 Å². The van der Waals surface area contributed by atoms with Crippen molar-refractivity contribution in [1.82, 2.24) is 4.90 Å². The van der Waals surface area contributed by atoms with Crippen molar-refractivity contribution in [2.75, 3.05) is 25.7 Å². The minimum Gasteiger partial charge on any atom is -0.396 e. The molecule has 0 aliphatic rings. The van der Waals surface area contributed by atoms with Crippen molar-refractivity contribution in [3.8, 4) is 0 Å². The van der Waals surface area contributed by atoms with E-state index < -0.39 is 27.8 Å². The van der Waals surface area contributed by atoms with E-state index in [2.05, 4.69) is 0 Å². The largest absolute Gasteiger partial charge is 0.396 e. The zero-order valence-corrected chi connectivity index (χ0v) is 9.72. The summed E-state index contributed by atoms with van der Waals surface area (Å²) in [4.78, 5) is 35.5. The van der Waals surface area contributed by atoms with Crippen LogP contribution in [0, 0.1) is 0 Å². The standard InChI is InChI=1S/C5H15NO7P2/c7-3-1-2-6(4-14(8,9)10)5-15(11,12)13/h7H,1-5H2,(H2,8,9,10)(H2,11,12,13). The van der Waals surface area contributed by atoms with Crippen molar-refractivity contribution in [3.05, 3.63) is 0 Å². The molecule has 0 aromatic carbocycles. The van der Waals surface area contributed by atoms with Gasteiger partial charge in [0.25, 0.3) is 0 Å². The SMILES string of the molecule is O=P(O)(O)CN(CCCO)CP(=O)(O)O. The van der Waals surface area contributed by atoms with E-state index in [1.165, 1.54) is 0 Å². The first-order valence-electron chi connectivity index (χ1n) is 4.06. The predicted octanol–water partition coefficient (Wildman–Crippen LogP) is -1.06. The molecule has 0 radical (unpaired) electrons. The van der Waals surface area contributed by atoms with Gasteiger partial charge >= 0.3 is 15.2 Å². The Balaban J connectivity index is 4.32. The Morgan fingerprint density at radius 3 is 1.60 bits per heavy atom. The van der Waals surface area contributed by atoms with E-state index in [9.17, 15) is 9.13 Å². The molecule has 5 N–H and O–H groups in total. The van der Waals surface area contributed by atoms with E-state index in [1.807, 2.05) is 0 Å². The molecule has 0 saturated carbocycles. The van der Waals surface area contributed by atoms with E-state index in [4.69, 9.17) is 24.7 Å². The zero-order chi connectivity index (χ0) is 12.1. The van der Waals surface area contributed by atoms with Gasteiger partial charge in [-0.15, -0.1) is 0 Å². The lowest BCUT2D eigenvalue weighted by atomic mass is 10.4. The van der Waals surface area contributed by atoms with Gasteiger partial charge in [0.05, 0.1) is 0 Å². The minimum atomic E-state index is -4.35. The number of aliphatic hydroxyl groups is 1. The van der Waals surface area contributed by atoms with Gasteiger partial charge in [0.1, 0.15) is 12.6 Å². The summed E-state index contributed by atoms with van der Waals surface area (Å²) in [6.07, 6.45) is -1.25. The molecule has 0 atom stereocenters. The van der Waals surface area contributed by atoms with Crippen LogP contribution in [0.4, 0.5) is 0 Å². The fourth-order valence-electron chi connectivity index (χ4n) is 1.00. The van der Waals surface area contributed by atoms with Crippen LogP contribution < -0.4 is 0 Å². The molecule has 0 unspecified atom stereocenters. The van der Waals surface area contributed by atoms with Crippen molar-refractivity contribution >= 4 is 15.2 Å². The third-order valence-electron chi connectivity index (χ3n) is 1.40. The lowest BCUT2D eigenvalue weighted by molar-refractivity contribution is 0.235. The molecule has 15 heavy (non-hydrogen) atoms. The molecule has 0 aliphatic carbocycles. The summed E-state index contributed by atoms with van der Waals surface area (Å²) >= 11 is 0. The van der Waals surface area contributed by atoms with Crippen LogP contribution in [0.25, 0.3) is 0 Å². The quantitative estimate of drug-likeness (QED) is 0.366. The van der Waals surface area contributed by atoms with E-state index in [0.717, 1.165) is 4.90 Å². The summed E-state index contributed by atoms with van der Waals surface area (Å²) in [5.41, 5.74) is 0. The van der Waals surface area contributed by atoms with Crippen LogP contribution in [-0.4, -0.2) is 55.3 Å². The number of aliphatic hydroxyl groups excluding tert-OH is 1. The number of hydrogen-bond donors (Lipinski definition) is 5. The van der Waals surface area contributed by atoms with Crippen LogP contribution in [0.1, 0.15) is 6.42 Å². The summed E-state index contributed by atoms with van der Waals surface area (Å²) < 4.78 is 21.3. The van der Waals surface area contributed by atoms with Gasteiger partial charge < -0.3 is 24.7 Å². The molecular formula is C5H15NO7P2. The molecule has 0 rings (SSSR count). The van der Waals surface area contributed by atoms with Gasteiger partial charge in [0.15, 0.2) is 0 Å². The highest BCUT2D eigenvalue weighted by atomic mass is 31.2. The van der Waals surface area contributed by atoms with Crippen molar-refractivity contribution in [2.45, 2.75) is 6.42 Å². The Labute approximate surface area is 86.9 Å². The maximum absolute atomic E-state index is 10.6. The predicted molar refractivity (Wildman–Crippen MR) is 52.2 cm³/mol. The van der Waals surface area contributed by atoms with Gasteiger partial charge in [0.2, 0.25) is 0 Å². The molecule has 0 amide bonds. The summed E-state index contributed by atoms with van der Waals surface area (Å²) in [6.45, 7) is -0.189. The summed E-state index contributed by atoms with van der Waals surface area (Å²) in [5.74, 6) is 0. The highest BCUT2D eigenvalue weighted by Crippen LogP contribution is 2.40. The van der Waals surface area contributed by atoms with Gasteiger partial charge in [-0.05, 0) is 6.42 Å². The first-order chi connectivity index (χ1) is 6.64. The fraction of sp³-hybridized carbons (Fsp3) is 1.00. The molecule has 0 bridgehead atoms. The summed E-state index contributed by atoms with van der Waals surface area (Å²) in [7, 11) is -8.69. The third-order valence-corrected chi connectivity index (χ3v) is 2.94. The molecule has 0 saturated heterocycles. The maximum Gasteiger partial charge on any atom is 0.339 e. The van der Waals surface area contributed by atoms with E-state index in [1.54, 1.807) is 0 Å². The monoisotopic (exact) mass is 263 g/mol. The lowest BCUT2D eigenvalue weighted by Crippen LogP contribution is -2.27. The first kappa shape index (κ1) is 15.2. The Morgan fingerprint density at radius 2 is 1.33 bits per heavy atom. The second-order valence-corrected chi connectivity index (χ2v) is 6.31. The topological polar surface area (TPSA) is 139 Å². The van der Waals surface area contributed by atoms with Crippen molar-refractivity contribution < 1.29 is 33.8 Å². The van der Waals surface area contributed by atoms with Gasteiger partial charge in [-0.3, -0.25) is 14.0 Å². The smallest absolute Gasteiger partial charge is 0.339 e. The van der Waals surface area contributed by atoms with Crippen LogP contribution in [0.15, 0.2) is 0 Å². The Hall–Kier alpha value is 0.220. The third kappa shape index (κ3) is 10.5. The van der Waals surface area contributed by atoms with Crippen LogP contribution in [0.5, 0.6) is 0 Å². The Bertz CT molecular complexity index is 247. The van der Waals surface area contributed by atoms with E-state index in [0.29, 0.717) is 0 Å². The Morgan fingerprint density at radius 1 is 0.933 bits per heavy atom. The first-order valence-corrected chi connectivity index (χ1v) is 7.66. The minimum absolute atomic E-state index is 0.0206. The molecule has 92 valence electrons. The average Bonchev–Trinajstić information content (AvgIpc) is 1.94. The highest BCUT2D eigenvalue weighted by Gasteiger charge is 2.25. The van der Waals surface area contributed by atoms with Crippen LogP contribution in [0.2, 0.25) is 0 Å². The average molecular weight is 263 g/mol. The molecule has 10 heteroatoms. The van der Waals surface area contributed by atoms with Gasteiger partial charge in [-0.2, -0.15) is 0 Å². The van der Waals surface area contributed by atoms with Crippen molar-refractivity contribution in [2.24, 2.45) is 0 Å². The molecule has 0 aromatic heterocycles. The number of rotatable bonds is 7. The lowest BCUT2D eigenvalue weighted by Gasteiger charge is -2.22. The van der Waals surface area contributed by atoms with Crippen molar-refractivity contribution in [3.63, 3.8) is 0 Å². The second kappa shape index (κ2) is 6.08. The van der Waals surface area contributed by atoms with Gasteiger partial charge in [-0.25, -0.2) is 0 Å². The van der Waals surface area contributed by atoms with Crippen molar-refractivity contribution in [1.29, 1.82) is 0 Å². The highest BCUT2D eigenvalue weighted by molar-refractivity contribution is 7.52. The fourth-order valence-corrected chi connectivity index (χ4v) is 2.68. The van der Waals surface area contributed by atoms with E-state index >= 15 is 0 Å². The maximum atomic E-state index is 10.6. The molecule has 0 aromatic rings. The molecular weight excluding hydrogens is 248 g/mol. The molecule has 0 fully saturated rings. The van der Waals surface area contributed by atoms with Gasteiger partial charge in [-0.1, -0.05) is 0 Å². The van der Waals surface area contributed by atoms with Gasteiger partial charge in [0, 0.05) is 13.2 Å². The molecule has 0 aliphatic heterocycles.